The molecule has 4 rings (SSSR count). The van der Waals surface area contributed by atoms with Crippen molar-refractivity contribution in [2.24, 2.45) is 5.73 Å². The molecule has 1 aromatic heterocycles. The third-order valence-electron chi connectivity index (χ3n) is 5.86. The van der Waals surface area contributed by atoms with E-state index in [2.05, 4.69) is 20.6 Å². The molecule has 0 radical (unpaired) electrons. The van der Waals surface area contributed by atoms with Crippen LogP contribution in [-0.4, -0.2) is 54.1 Å². The number of Topliss-reactive ketones (excluding diaryl/α,β-unsaturated/α-hetero) is 1. The minimum Gasteiger partial charge on any atom is -0.378 e. The highest BCUT2D eigenvalue weighted by Gasteiger charge is 2.23. The lowest BCUT2D eigenvalue weighted by Gasteiger charge is -2.29. The molecule has 1 aliphatic heterocycles. The van der Waals surface area contributed by atoms with Gasteiger partial charge in [-0.15, -0.1) is 0 Å². The quantitative estimate of drug-likeness (QED) is 0.603. The van der Waals surface area contributed by atoms with Crippen LogP contribution >= 0.6 is 0 Å². The molecule has 1 saturated heterocycles. The minimum atomic E-state index is -0.336. The zero-order valence-corrected chi connectivity index (χ0v) is 17.7. The second-order valence-corrected chi connectivity index (χ2v) is 8.10. The van der Waals surface area contributed by atoms with Gasteiger partial charge in [0.25, 0.3) is 0 Å². The number of morpholine rings is 1. The lowest BCUT2D eigenvalue weighted by molar-refractivity contribution is 0.101. The maximum atomic E-state index is 14.8. The molecule has 2 aromatic rings. The maximum absolute atomic E-state index is 14.8. The molecule has 0 bridgehead atoms. The Morgan fingerprint density at radius 3 is 2.74 bits per heavy atom. The first-order valence-electron chi connectivity index (χ1n) is 10.8. The molecular formula is C22H29FN6O2. The molecule has 9 heteroatoms. The molecule has 2 heterocycles. The molecule has 1 saturated carbocycles. The zero-order valence-electron chi connectivity index (χ0n) is 17.7. The summed E-state index contributed by atoms with van der Waals surface area (Å²) in [7, 11) is 0. The van der Waals surface area contributed by atoms with E-state index >= 15 is 0 Å². The van der Waals surface area contributed by atoms with Gasteiger partial charge < -0.3 is 26.0 Å². The average molecular weight is 429 g/mol. The van der Waals surface area contributed by atoms with Crippen LogP contribution in [0, 0.1) is 5.82 Å². The van der Waals surface area contributed by atoms with Crippen molar-refractivity contribution >= 4 is 28.9 Å². The molecule has 2 fully saturated rings. The number of anilines is 4. The van der Waals surface area contributed by atoms with Crippen LogP contribution in [0.5, 0.6) is 0 Å². The Morgan fingerprint density at radius 1 is 1.26 bits per heavy atom. The SMILES string of the molecule is CC(=O)c1cnc(N[C@@H]2CCCC[C@@H]2N)nc1Nc1ccc(N2CCOCC2)c(F)c1. The number of ketones is 1. The first-order valence-corrected chi connectivity index (χ1v) is 10.8. The van der Waals surface area contributed by atoms with E-state index < -0.39 is 0 Å². The van der Waals surface area contributed by atoms with E-state index in [0.29, 0.717) is 55.0 Å². The van der Waals surface area contributed by atoms with Gasteiger partial charge in [0, 0.05) is 37.1 Å². The Kier molecular flexibility index (Phi) is 6.62. The van der Waals surface area contributed by atoms with Crippen LogP contribution in [0.15, 0.2) is 24.4 Å². The van der Waals surface area contributed by atoms with Crippen molar-refractivity contribution in [2.75, 3.05) is 41.8 Å². The number of rotatable bonds is 6. The van der Waals surface area contributed by atoms with Crippen molar-refractivity contribution in [3.8, 4) is 0 Å². The monoisotopic (exact) mass is 428 g/mol. The second-order valence-electron chi connectivity index (χ2n) is 8.10. The number of carbonyl (C=O) groups is 1. The third kappa shape index (κ3) is 5.11. The molecule has 0 spiro atoms. The van der Waals surface area contributed by atoms with Gasteiger partial charge in [-0.1, -0.05) is 12.8 Å². The summed E-state index contributed by atoms with van der Waals surface area (Å²) in [5, 5.41) is 6.38. The van der Waals surface area contributed by atoms with Gasteiger partial charge in [0.2, 0.25) is 5.95 Å². The van der Waals surface area contributed by atoms with Crippen molar-refractivity contribution < 1.29 is 13.9 Å². The second kappa shape index (κ2) is 9.57. The number of hydrogen-bond donors (Lipinski definition) is 3. The molecule has 31 heavy (non-hydrogen) atoms. The topological polar surface area (TPSA) is 105 Å². The van der Waals surface area contributed by atoms with Crippen molar-refractivity contribution in [1.82, 2.24) is 9.97 Å². The molecular weight excluding hydrogens is 399 g/mol. The summed E-state index contributed by atoms with van der Waals surface area (Å²) in [6.45, 7) is 3.94. The van der Waals surface area contributed by atoms with Gasteiger partial charge in [-0.05, 0) is 38.0 Å². The van der Waals surface area contributed by atoms with E-state index in [1.54, 1.807) is 12.1 Å². The number of nitrogens with one attached hydrogen (secondary N) is 2. The molecule has 1 aromatic carbocycles. The van der Waals surface area contributed by atoms with Crippen LogP contribution in [0.1, 0.15) is 43.0 Å². The fraction of sp³-hybridized carbons (Fsp3) is 0.500. The van der Waals surface area contributed by atoms with Crippen molar-refractivity contribution in [3.05, 3.63) is 35.8 Å². The third-order valence-corrected chi connectivity index (χ3v) is 5.86. The molecule has 8 nitrogen and oxygen atoms in total. The molecule has 1 aliphatic carbocycles. The minimum absolute atomic E-state index is 0.0445. The summed E-state index contributed by atoms with van der Waals surface area (Å²) in [6, 6.07) is 5.07. The fourth-order valence-electron chi connectivity index (χ4n) is 4.09. The summed E-state index contributed by atoms with van der Waals surface area (Å²) in [5.74, 6) is 0.235. The molecule has 166 valence electrons. The van der Waals surface area contributed by atoms with Crippen LogP contribution in [0.4, 0.5) is 27.5 Å². The number of halogens is 1. The van der Waals surface area contributed by atoms with E-state index in [0.717, 1.165) is 25.7 Å². The maximum Gasteiger partial charge on any atom is 0.224 e. The first kappa shape index (κ1) is 21.5. The standard InChI is InChI=1S/C22H29FN6O2/c1-14(30)16-13-25-22(27-19-5-3-2-4-18(19)24)28-21(16)26-15-6-7-20(17(23)12-15)29-8-10-31-11-9-29/h6-7,12-13,18-19H,2-5,8-11,24H2,1H3,(H2,25,26,27,28)/t18-,19+/m0/s1. The predicted molar refractivity (Wildman–Crippen MR) is 119 cm³/mol. The highest BCUT2D eigenvalue weighted by molar-refractivity contribution is 5.99. The highest BCUT2D eigenvalue weighted by atomic mass is 19.1. The van der Waals surface area contributed by atoms with E-state index in [1.807, 2.05) is 4.90 Å². The van der Waals surface area contributed by atoms with Crippen LogP contribution in [-0.2, 0) is 4.74 Å². The lowest BCUT2D eigenvalue weighted by Crippen LogP contribution is -2.43. The number of hydrogen-bond acceptors (Lipinski definition) is 8. The Balaban J connectivity index is 1.54. The number of ether oxygens (including phenoxy) is 1. The summed E-state index contributed by atoms with van der Waals surface area (Å²) >= 11 is 0. The zero-order chi connectivity index (χ0) is 21.8. The Morgan fingerprint density at radius 2 is 2.03 bits per heavy atom. The number of nitrogens with two attached hydrogens (primary N) is 1. The van der Waals surface area contributed by atoms with Gasteiger partial charge in [-0.3, -0.25) is 4.79 Å². The van der Waals surface area contributed by atoms with Gasteiger partial charge in [0.05, 0.1) is 24.5 Å². The Bertz CT molecular complexity index is 934. The van der Waals surface area contributed by atoms with Crippen molar-refractivity contribution in [2.45, 2.75) is 44.7 Å². The van der Waals surface area contributed by atoms with Crippen LogP contribution in [0.25, 0.3) is 0 Å². The summed E-state index contributed by atoms with van der Waals surface area (Å²) in [4.78, 5) is 22.8. The van der Waals surface area contributed by atoms with Crippen molar-refractivity contribution in [3.63, 3.8) is 0 Å². The first-order chi connectivity index (χ1) is 15.0. The van der Waals surface area contributed by atoms with E-state index in [4.69, 9.17) is 10.5 Å². The van der Waals surface area contributed by atoms with Crippen LogP contribution in [0.2, 0.25) is 0 Å². The summed E-state index contributed by atoms with van der Waals surface area (Å²) in [5.41, 5.74) is 7.61. The van der Waals surface area contributed by atoms with Gasteiger partial charge in [0.15, 0.2) is 5.78 Å². The molecule has 0 amide bonds. The van der Waals surface area contributed by atoms with Crippen LogP contribution in [0.3, 0.4) is 0 Å². The summed E-state index contributed by atoms with van der Waals surface area (Å²) < 4.78 is 20.1. The fourth-order valence-corrected chi connectivity index (χ4v) is 4.09. The Hall–Kier alpha value is -2.78. The van der Waals surface area contributed by atoms with E-state index in [-0.39, 0.29) is 23.7 Å². The lowest BCUT2D eigenvalue weighted by atomic mass is 9.91. The van der Waals surface area contributed by atoms with Gasteiger partial charge in [0.1, 0.15) is 11.6 Å². The largest absolute Gasteiger partial charge is 0.378 e. The van der Waals surface area contributed by atoms with Crippen LogP contribution < -0.4 is 21.3 Å². The average Bonchev–Trinajstić information content (AvgIpc) is 2.76. The predicted octanol–water partition coefficient (Wildman–Crippen LogP) is 3.08. The van der Waals surface area contributed by atoms with Crippen molar-refractivity contribution in [1.29, 1.82) is 0 Å². The Labute approximate surface area is 181 Å². The summed E-state index contributed by atoms with van der Waals surface area (Å²) in [6.07, 6.45) is 5.64. The number of nitrogens with zero attached hydrogens (tertiary/aromatic N) is 3. The molecule has 2 atom stereocenters. The molecule has 2 aliphatic rings. The number of benzene rings is 1. The number of aromatic nitrogens is 2. The highest BCUT2D eigenvalue weighted by Crippen LogP contribution is 2.27. The molecule has 0 unspecified atom stereocenters. The normalized spacial score (nSPS) is 21.6. The van der Waals surface area contributed by atoms with Gasteiger partial charge in [-0.25, -0.2) is 9.37 Å². The number of carbonyl (C=O) groups excluding carboxylic acids is 1. The smallest absolute Gasteiger partial charge is 0.224 e. The van der Waals surface area contributed by atoms with E-state index in [1.165, 1.54) is 19.2 Å². The van der Waals surface area contributed by atoms with Gasteiger partial charge >= 0.3 is 0 Å². The van der Waals surface area contributed by atoms with Gasteiger partial charge in [-0.2, -0.15) is 4.98 Å². The van der Waals surface area contributed by atoms with E-state index in [9.17, 15) is 9.18 Å². The molecule has 4 N–H and O–H groups in total.